The molecule has 1 aliphatic carbocycles. The average molecular weight is 518 g/mol. The van der Waals surface area contributed by atoms with E-state index in [2.05, 4.69) is 10.6 Å². The van der Waals surface area contributed by atoms with Gasteiger partial charge >= 0.3 is 18.0 Å². The van der Waals surface area contributed by atoms with Gasteiger partial charge in [0.1, 0.15) is 30.3 Å². The summed E-state index contributed by atoms with van der Waals surface area (Å²) in [5.41, 5.74) is -0.0659. The molecule has 1 heterocycles. The highest BCUT2D eigenvalue weighted by atomic mass is 16.6. The van der Waals surface area contributed by atoms with Gasteiger partial charge in [-0.05, 0) is 57.9 Å². The third-order valence-corrected chi connectivity index (χ3v) is 6.09. The summed E-state index contributed by atoms with van der Waals surface area (Å²) in [7, 11) is 0. The van der Waals surface area contributed by atoms with Gasteiger partial charge in [0.25, 0.3) is 0 Å². The Morgan fingerprint density at radius 1 is 1.05 bits per heavy atom. The minimum absolute atomic E-state index is 0.0395. The molecule has 0 radical (unpaired) electrons. The molecule has 1 aromatic rings. The summed E-state index contributed by atoms with van der Waals surface area (Å²) in [5.74, 6) is -3.16. The van der Waals surface area contributed by atoms with Gasteiger partial charge in [0, 0.05) is 6.54 Å². The molecule has 37 heavy (non-hydrogen) atoms. The van der Waals surface area contributed by atoms with E-state index in [1.165, 1.54) is 4.90 Å². The van der Waals surface area contributed by atoms with E-state index in [1.807, 2.05) is 6.07 Å². The molecule has 1 aliphatic heterocycles. The number of aliphatic carboxylic acids is 1. The van der Waals surface area contributed by atoms with Crippen LogP contribution in [0.4, 0.5) is 4.79 Å². The lowest BCUT2D eigenvalue weighted by Crippen LogP contribution is -2.57. The summed E-state index contributed by atoms with van der Waals surface area (Å²) >= 11 is 0. The first kappa shape index (κ1) is 27.9. The highest BCUT2D eigenvalue weighted by molar-refractivity contribution is 5.95. The van der Waals surface area contributed by atoms with Gasteiger partial charge < -0.3 is 30.1 Å². The molecule has 3 N–H and O–H groups in total. The minimum Gasteiger partial charge on any atom is -0.480 e. The van der Waals surface area contributed by atoms with Crippen LogP contribution in [0, 0.1) is 5.92 Å². The number of hydrogen-bond donors (Lipinski definition) is 3. The van der Waals surface area contributed by atoms with E-state index in [0.717, 1.165) is 5.56 Å². The molecular weight excluding hydrogens is 482 g/mol. The molecule has 11 nitrogen and oxygen atoms in total. The number of benzene rings is 1. The smallest absolute Gasteiger partial charge is 0.408 e. The van der Waals surface area contributed by atoms with Crippen LogP contribution in [0.5, 0.6) is 0 Å². The molecule has 2 aliphatic rings. The Labute approximate surface area is 215 Å². The van der Waals surface area contributed by atoms with Gasteiger partial charge in [0.05, 0.1) is 6.42 Å². The number of hydrogen-bond acceptors (Lipinski definition) is 7. The number of esters is 1. The number of carbonyl (C=O) groups is 5. The fraction of sp³-hybridized carbons (Fsp3) is 0.577. The van der Waals surface area contributed by atoms with Crippen molar-refractivity contribution >= 4 is 29.8 Å². The maximum atomic E-state index is 13.3. The summed E-state index contributed by atoms with van der Waals surface area (Å²) in [6.07, 6.45) is 0.924. The fourth-order valence-corrected chi connectivity index (χ4v) is 4.20. The van der Waals surface area contributed by atoms with Crippen molar-refractivity contribution in [1.29, 1.82) is 0 Å². The van der Waals surface area contributed by atoms with Crippen LogP contribution in [0.3, 0.4) is 0 Å². The Kier molecular flexibility index (Phi) is 9.12. The van der Waals surface area contributed by atoms with Crippen molar-refractivity contribution in [3.05, 3.63) is 35.9 Å². The van der Waals surface area contributed by atoms with Crippen LogP contribution in [0.25, 0.3) is 0 Å². The van der Waals surface area contributed by atoms with Gasteiger partial charge in [-0.3, -0.25) is 14.4 Å². The number of nitrogens with zero attached hydrogens (tertiary/aromatic N) is 1. The Bertz CT molecular complexity index is 1000. The van der Waals surface area contributed by atoms with Crippen LogP contribution in [0.15, 0.2) is 30.3 Å². The summed E-state index contributed by atoms with van der Waals surface area (Å²) in [5, 5.41) is 14.5. The zero-order valence-corrected chi connectivity index (χ0v) is 21.4. The Balaban J connectivity index is 1.70. The number of nitrogens with one attached hydrogen (secondary N) is 2. The van der Waals surface area contributed by atoms with Crippen molar-refractivity contribution in [2.24, 2.45) is 5.92 Å². The van der Waals surface area contributed by atoms with E-state index in [4.69, 9.17) is 9.47 Å². The van der Waals surface area contributed by atoms with Crippen LogP contribution in [0.1, 0.15) is 58.4 Å². The number of alkyl carbamates (subject to hydrolysis) is 1. The van der Waals surface area contributed by atoms with Gasteiger partial charge in [-0.25, -0.2) is 9.59 Å². The lowest BCUT2D eigenvalue weighted by Gasteiger charge is -2.29. The standard InChI is InChI=1S/C26H35N3O8/c1-26(2,3)37-20(30)14-18(27-25(35)36-15-16-8-5-4-6-9-16)22(31)28-21(17-11-12-17)23(32)29-13-7-10-19(29)24(33)34/h4-6,8-9,17-19,21H,7,10-15H2,1-3H3,(H,27,35)(H,28,31)(H,33,34)/t18-,19+,21?/m0/s1. The second kappa shape index (κ2) is 12.1. The molecule has 1 saturated carbocycles. The second-order valence-corrected chi connectivity index (χ2v) is 10.4. The number of carboxylic acids is 1. The number of carboxylic acid groups (broad SMARTS) is 1. The topological polar surface area (TPSA) is 151 Å². The summed E-state index contributed by atoms with van der Waals surface area (Å²) < 4.78 is 10.5. The van der Waals surface area contributed by atoms with Crippen molar-refractivity contribution in [2.45, 2.75) is 83.2 Å². The van der Waals surface area contributed by atoms with E-state index in [1.54, 1.807) is 45.0 Å². The number of amides is 3. The Hall–Kier alpha value is -3.63. The first-order chi connectivity index (χ1) is 17.4. The number of ether oxygens (including phenoxy) is 2. The summed E-state index contributed by atoms with van der Waals surface area (Å²) in [6, 6.07) is 5.70. The number of carbonyl (C=O) groups excluding carboxylic acids is 4. The lowest BCUT2D eigenvalue weighted by molar-refractivity contribution is -0.156. The van der Waals surface area contributed by atoms with E-state index in [0.29, 0.717) is 32.2 Å². The van der Waals surface area contributed by atoms with E-state index >= 15 is 0 Å². The highest BCUT2D eigenvalue weighted by Gasteiger charge is 2.44. The molecule has 1 aromatic carbocycles. The van der Waals surface area contributed by atoms with E-state index < -0.39 is 60.0 Å². The monoisotopic (exact) mass is 517 g/mol. The molecule has 0 spiro atoms. The molecule has 202 valence electrons. The SMILES string of the molecule is CC(C)(C)OC(=O)C[C@H](NC(=O)OCc1ccccc1)C(=O)NC(C(=O)N1CCC[C@@H]1C(=O)O)C1CC1. The molecule has 3 amide bonds. The molecule has 0 bridgehead atoms. The molecule has 11 heteroatoms. The highest BCUT2D eigenvalue weighted by Crippen LogP contribution is 2.34. The zero-order valence-electron chi connectivity index (χ0n) is 21.4. The van der Waals surface area contributed by atoms with Crippen molar-refractivity contribution in [3.8, 4) is 0 Å². The molecule has 0 aromatic heterocycles. The van der Waals surface area contributed by atoms with Gasteiger partial charge in [0.2, 0.25) is 11.8 Å². The molecular formula is C26H35N3O8. The average Bonchev–Trinajstić information content (AvgIpc) is 3.54. The van der Waals surface area contributed by atoms with E-state index in [9.17, 15) is 29.1 Å². The fourth-order valence-electron chi connectivity index (χ4n) is 4.20. The predicted molar refractivity (Wildman–Crippen MR) is 131 cm³/mol. The number of rotatable bonds is 10. The van der Waals surface area contributed by atoms with Gasteiger partial charge in [-0.15, -0.1) is 0 Å². The van der Waals surface area contributed by atoms with Crippen LogP contribution in [0.2, 0.25) is 0 Å². The lowest BCUT2D eigenvalue weighted by atomic mass is 10.1. The zero-order chi connectivity index (χ0) is 27.2. The van der Waals surface area contributed by atoms with Crippen LogP contribution in [-0.4, -0.2) is 70.1 Å². The van der Waals surface area contributed by atoms with Crippen molar-refractivity contribution in [2.75, 3.05) is 6.54 Å². The van der Waals surface area contributed by atoms with Gasteiger partial charge in [-0.1, -0.05) is 30.3 Å². The first-order valence-corrected chi connectivity index (χ1v) is 12.5. The molecule has 1 saturated heterocycles. The Morgan fingerprint density at radius 2 is 1.73 bits per heavy atom. The normalized spacial score (nSPS) is 18.9. The maximum absolute atomic E-state index is 13.3. The van der Waals surface area contributed by atoms with Crippen LogP contribution < -0.4 is 10.6 Å². The third-order valence-electron chi connectivity index (χ3n) is 6.09. The van der Waals surface area contributed by atoms with Crippen molar-refractivity contribution in [3.63, 3.8) is 0 Å². The predicted octanol–water partition coefficient (Wildman–Crippen LogP) is 1.98. The minimum atomic E-state index is -1.36. The van der Waals surface area contributed by atoms with Crippen molar-refractivity contribution < 1.29 is 38.6 Å². The largest absolute Gasteiger partial charge is 0.480 e. The van der Waals surface area contributed by atoms with Crippen LogP contribution in [-0.2, 0) is 35.3 Å². The number of likely N-dealkylation sites (tertiary alicyclic amines) is 1. The summed E-state index contributed by atoms with van der Waals surface area (Å²) in [4.78, 5) is 64.3. The third kappa shape index (κ3) is 8.47. The quantitative estimate of drug-likeness (QED) is 0.399. The maximum Gasteiger partial charge on any atom is 0.408 e. The Morgan fingerprint density at radius 3 is 2.32 bits per heavy atom. The van der Waals surface area contributed by atoms with Crippen molar-refractivity contribution in [1.82, 2.24) is 15.5 Å². The molecule has 3 atom stereocenters. The molecule has 1 unspecified atom stereocenters. The molecule has 3 rings (SSSR count). The second-order valence-electron chi connectivity index (χ2n) is 10.4. The molecule has 2 fully saturated rings. The van der Waals surface area contributed by atoms with Gasteiger partial charge in [0.15, 0.2) is 0 Å². The van der Waals surface area contributed by atoms with E-state index in [-0.39, 0.29) is 12.5 Å². The van der Waals surface area contributed by atoms with Crippen LogP contribution >= 0.6 is 0 Å². The summed E-state index contributed by atoms with van der Waals surface area (Å²) in [6.45, 7) is 5.29. The first-order valence-electron chi connectivity index (χ1n) is 12.5. The van der Waals surface area contributed by atoms with Gasteiger partial charge in [-0.2, -0.15) is 0 Å².